The van der Waals surface area contributed by atoms with Crippen molar-refractivity contribution in [3.05, 3.63) is 93.7 Å². The fraction of sp³-hybridized carbons (Fsp3) is 0.150. The number of aromatic nitrogens is 1. The predicted octanol–water partition coefficient (Wildman–Crippen LogP) is 4.59. The first-order valence-electron chi connectivity index (χ1n) is 8.44. The van der Waals surface area contributed by atoms with Crippen LogP contribution in [-0.4, -0.2) is 13.4 Å². The molecule has 0 unspecified atom stereocenters. The van der Waals surface area contributed by atoms with Gasteiger partial charge in [-0.25, -0.2) is 13.1 Å². The molecule has 3 rings (SSSR count). The lowest BCUT2D eigenvalue weighted by molar-refractivity contribution is 0.301. The molecule has 0 saturated heterocycles. The third kappa shape index (κ3) is 6.21. The molecule has 0 aliphatic rings. The number of hydrogen-bond acceptors (Lipinski definition) is 4. The summed E-state index contributed by atoms with van der Waals surface area (Å²) in [7, 11) is -3.53. The number of nitrogens with zero attached hydrogens (tertiary/aromatic N) is 1. The van der Waals surface area contributed by atoms with Crippen LogP contribution in [0.5, 0.6) is 5.75 Å². The highest BCUT2D eigenvalue weighted by Gasteiger charge is 2.13. The molecule has 28 heavy (non-hydrogen) atoms. The Kier molecular flexibility index (Phi) is 6.91. The van der Waals surface area contributed by atoms with Crippen molar-refractivity contribution < 1.29 is 13.2 Å². The van der Waals surface area contributed by atoms with Crippen LogP contribution in [0, 0.1) is 0 Å². The van der Waals surface area contributed by atoms with Crippen molar-refractivity contribution in [2.45, 2.75) is 18.9 Å². The Bertz CT molecular complexity index is 1040. The summed E-state index contributed by atoms with van der Waals surface area (Å²) < 4.78 is 33.0. The van der Waals surface area contributed by atoms with Gasteiger partial charge in [0.1, 0.15) is 12.4 Å². The summed E-state index contributed by atoms with van der Waals surface area (Å²) in [5, 5.41) is 0.713. The molecule has 8 heteroatoms. The third-order valence-electron chi connectivity index (χ3n) is 3.85. The topological polar surface area (TPSA) is 68.3 Å². The molecule has 0 aliphatic carbocycles. The fourth-order valence-electron chi connectivity index (χ4n) is 2.48. The second-order valence-corrected chi connectivity index (χ2v) is 8.71. The van der Waals surface area contributed by atoms with Crippen LogP contribution in [0.1, 0.15) is 16.8 Å². The second-order valence-electron chi connectivity index (χ2n) is 6.09. The number of ether oxygens (including phenoxy) is 1. The second kappa shape index (κ2) is 9.39. The SMILES string of the molecule is O=S(=O)(Cc1ccc(Cl)c(Cl)c1)NCc1cccc(OCc2ccccn2)c1. The van der Waals surface area contributed by atoms with Crippen molar-refractivity contribution in [3.8, 4) is 5.75 Å². The number of benzene rings is 2. The predicted molar refractivity (Wildman–Crippen MR) is 111 cm³/mol. The van der Waals surface area contributed by atoms with Crippen molar-refractivity contribution in [1.82, 2.24) is 9.71 Å². The smallest absolute Gasteiger partial charge is 0.216 e. The Morgan fingerprint density at radius 1 is 0.929 bits per heavy atom. The van der Waals surface area contributed by atoms with Gasteiger partial charge in [-0.05, 0) is 47.5 Å². The van der Waals surface area contributed by atoms with Crippen LogP contribution >= 0.6 is 23.2 Å². The van der Waals surface area contributed by atoms with Crippen LogP contribution in [0.3, 0.4) is 0 Å². The van der Waals surface area contributed by atoms with Crippen molar-refractivity contribution in [2.24, 2.45) is 0 Å². The fourth-order valence-corrected chi connectivity index (χ4v) is 3.91. The Balaban J connectivity index is 1.58. The molecule has 0 bridgehead atoms. The molecule has 0 fully saturated rings. The molecule has 146 valence electrons. The van der Waals surface area contributed by atoms with Crippen molar-refractivity contribution >= 4 is 33.2 Å². The Morgan fingerprint density at radius 2 is 1.79 bits per heavy atom. The van der Waals surface area contributed by atoms with Gasteiger partial charge in [0, 0.05) is 12.7 Å². The van der Waals surface area contributed by atoms with Gasteiger partial charge in [-0.2, -0.15) is 0 Å². The quantitative estimate of drug-likeness (QED) is 0.560. The molecule has 1 heterocycles. The molecule has 0 radical (unpaired) electrons. The van der Waals surface area contributed by atoms with Crippen LogP contribution in [0.25, 0.3) is 0 Å². The Morgan fingerprint density at radius 3 is 2.54 bits per heavy atom. The first-order valence-corrected chi connectivity index (χ1v) is 10.8. The van der Waals surface area contributed by atoms with E-state index in [0.29, 0.717) is 28.0 Å². The van der Waals surface area contributed by atoms with Crippen LogP contribution < -0.4 is 9.46 Å². The third-order valence-corrected chi connectivity index (χ3v) is 5.88. The summed E-state index contributed by atoms with van der Waals surface area (Å²) in [5.41, 5.74) is 2.17. The minimum absolute atomic E-state index is 0.157. The normalized spacial score (nSPS) is 11.4. The summed E-state index contributed by atoms with van der Waals surface area (Å²) in [5.74, 6) is 0.464. The zero-order valence-electron chi connectivity index (χ0n) is 14.8. The molecule has 0 spiro atoms. The highest BCUT2D eigenvalue weighted by atomic mass is 35.5. The zero-order valence-corrected chi connectivity index (χ0v) is 17.1. The van der Waals surface area contributed by atoms with Crippen molar-refractivity contribution in [1.29, 1.82) is 0 Å². The van der Waals surface area contributed by atoms with Gasteiger partial charge >= 0.3 is 0 Å². The molecular weight excluding hydrogens is 419 g/mol. The molecule has 0 saturated carbocycles. The maximum atomic E-state index is 12.3. The molecule has 2 aromatic carbocycles. The molecule has 1 N–H and O–H groups in total. The lowest BCUT2D eigenvalue weighted by Crippen LogP contribution is -2.24. The van der Waals surface area contributed by atoms with E-state index in [2.05, 4.69) is 9.71 Å². The standard InChI is InChI=1S/C20H18Cl2N2O3S/c21-19-8-7-16(11-20(19)22)14-28(25,26)24-12-15-4-3-6-18(10-15)27-13-17-5-1-2-9-23-17/h1-11,24H,12-14H2. The van der Waals surface area contributed by atoms with Crippen LogP contribution in [0.2, 0.25) is 10.0 Å². The molecule has 0 aliphatic heterocycles. The lowest BCUT2D eigenvalue weighted by Gasteiger charge is -2.10. The Hall–Kier alpha value is -2.12. The molecule has 0 atom stereocenters. The van der Waals surface area contributed by atoms with Gasteiger partial charge in [-0.1, -0.05) is 47.5 Å². The number of rotatable bonds is 8. The van der Waals surface area contributed by atoms with Crippen LogP contribution in [0.15, 0.2) is 66.9 Å². The van der Waals surface area contributed by atoms with E-state index in [0.717, 1.165) is 11.3 Å². The number of pyridine rings is 1. The van der Waals surface area contributed by atoms with E-state index in [1.807, 2.05) is 36.4 Å². The summed E-state index contributed by atoms with van der Waals surface area (Å²) >= 11 is 11.8. The van der Waals surface area contributed by atoms with Crippen molar-refractivity contribution in [3.63, 3.8) is 0 Å². The summed E-state index contributed by atoms with van der Waals surface area (Å²) in [6.07, 6.45) is 1.71. The number of hydrogen-bond donors (Lipinski definition) is 1. The minimum Gasteiger partial charge on any atom is -0.487 e. The molecule has 3 aromatic rings. The number of nitrogens with one attached hydrogen (secondary N) is 1. The largest absolute Gasteiger partial charge is 0.487 e. The van der Waals surface area contributed by atoms with Gasteiger partial charge in [0.2, 0.25) is 10.0 Å². The van der Waals surface area contributed by atoms with E-state index >= 15 is 0 Å². The van der Waals surface area contributed by atoms with E-state index in [9.17, 15) is 8.42 Å². The molecule has 1 aromatic heterocycles. The average Bonchev–Trinajstić information content (AvgIpc) is 2.69. The molecular formula is C20H18Cl2N2O3S. The number of sulfonamides is 1. The molecule has 5 nitrogen and oxygen atoms in total. The number of halogens is 2. The molecule has 0 amide bonds. The van der Waals surface area contributed by atoms with Gasteiger partial charge in [0.15, 0.2) is 0 Å². The van der Waals surface area contributed by atoms with Gasteiger partial charge in [-0.3, -0.25) is 4.98 Å². The van der Waals surface area contributed by atoms with E-state index in [1.165, 1.54) is 0 Å². The van der Waals surface area contributed by atoms with Gasteiger partial charge in [0.25, 0.3) is 0 Å². The first kappa shape index (κ1) is 20.6. The Labute approximate surface area is 174 Å². The van der Waals surface area contributed by atoms with Gasteiger partial charge in [-0.15, -0.1) is 0 Å². The van der Waals surface area contributed by atoms with Gasteiger partial charge < -0.3 is 4.74 Å². The average molecular weight is 437 g/mol. The lowest BCUT2D eigenvalue weighted by atomic mass is 10.2. The highest BCUT2D eigenvalue weighted by molar-refractivity contribution is 7.88. The summed E-state index contributed by atoms with van der Waals surface area (Å²) in [4.78, 5) is 4.20. The summed E-state index contributed by atoms with van der Waals surface area (Å²) in [6, 6.07) is 17.6. The van der Waals surface area contributed by atoms with Crippen LogP contribution in [-0.2, 0) is 28.9 Å². The maximum absolute atomic E-state index is 12.3. The maximum Gasteiger partial charge on any atom is 0.216 e. The highest BCUT2D eigenvalue weighted by Crippen LogP contribution is 2.23. The monoisotopic (exact) mass is 436 g/mol. The van der Waals surface area contributed by atoms with E-state index in [1.54, 1.807) is 30.5 Å². The van der Waals surface area contributed by atoms with E-state index in [-0.39, 0.29) is 12.3 Å². The van der Waals surface area contributed by atoms with Crippen molar-refractivity contribution in [2.75, 3.05) is 0 Å². The zero-order chi connectivity index (χ0) is 20.0. The van der Waals surface area contributed by atoms with Crippen LogP contribution in [0.4, 0.5) is 0 Å². The van der Waals surface area contributed by atoms with E-state index < -0.39 is 10.0 Å². The minimum atomic E-state index is -3.53. The summed E-state index contributed by atoms with van der Waals surface area (Å²) in [6.45, 7) is 0.498. The van der Waals surface area contributed by atoms with E-state index in [4.69, 9.17) is 27.9 Å². The first-order chi connectivity index (χ1) is 13.4. The van der Waals surface area contributed by atoms with Gasteiger partial charge in [0.05, 0.1) is 21.5 Å².